The minimum Gasteiger partial charge on any atom is -0.478 e. The van der Waals surface area contributed by atoms with Gasteiger partial charge < -0.3 is 9.52 Å². The van der Waals surface area contributed by atoms with Crippen LogP contribution in [0.15, 0.2) is 28.7 Å². The smallest absolute Gasteiger partial charge is 0.335 e. The molecule has 0 spiro atoms. The van der Waals surface area contributed by atoms with Crippen molar-refractivity contribution in [3.63, 3.8) is 0 Å². The van der Waals surface area contributed by atoms with E-state index < -0.39 is 5.97 Å². The van der Waals surface area contributed by atoms with Crippen molar-refractivity contribution in [1.29, 1.82) is 0 Å². The van der Waals surface area contributed by atoms with Gasteiger partial charge in [0.15, 0.2) is 0 Å². The number of likely N-dealkylation sites (tertiary alicyclic amines) is 1. The first-order valence-corrected chi connectivity index (χ1v) is 7.20. The van der Waals surface area contributed by atoms with Crippen LogP contribution in [-0.2, 0) is 6.54 Å². The van der Waals surface area contributed by atoms with Gasteiger partial charge in [-0.1, -0.05) is 18.9 Å². The molecule has 0 unspecified atom stereocenters. The van der Waals surface area contributed by atoms with E-state index in [0.29, 0.717) is 5.58 Å². The highest BCUT2D eigenvalue weighted by atomic mass is 16.4. The molecule has 1 saturated heterocycles. The molecule has 0 bridgehead atoms. The molecule has 2 heterocycles. The van der Waals surface area contributed by atoms with Crippen LogP contribution in [0.3, 0.4) is 0 Å². The zero-order valence-electron chi connectivity index (χ0n) is 11.5. The summed E-state index contributed by atoms with van der Waals surface area (Å²) in [6.45, 7) is 3.06. The Morgan fingerprint density at radius 2 is 1.90 bits per heavy atom. The van der Waals surface area contributed by atoms with Crippen molar-refractivity contribution in [3.8, 4) is 0 Å². The number of hydrogen-bond donors (Lipinski definition) is 1. The second kappa shape index (κ2) is 5.67. The van der Waals surface area contributed by atoms with Gasteiger partial charge in [0.2, 0.25) is 0 Å². The van der Waals surface area contributed by atoms with Crippen molar-refractivity contribution in [1.82, 2.24) is 4.90 Å². The summed E-state index contributed by atoms with van der Waals surface area (Å²) in [7, 11) is 0. The molecule has 0 aliphatic carbocycles. The van der Waals surface area contributed by atoms with E-state index in [1.807, 2.05) is 12.1 Å². The van der Waals surface area contributed by atoms with Gasteiger partial charge in [-0.3, -0.25) is 4.90 Å². The van der Waals surface area contributed by atoms with Crippen LogP contribution >= 0.6 is 0 Å². The molecule has 0 saturated carbocycles. The maximum atomic E-state index is 11.0. The first-order chi connectivity index (χ1) is 9.72. The molecule has 0 atom stereocenters. The Labute approximate surface area is 118 Å². The summed E-state index contributed by atoms with van der Waals surface area (Å²) in [4.78, 5) is 13.4. The lowest BCUT2D eigenvalue weighted by Crippen LogP contribution is -2.23. The van der Waals surface area contributed by atoms with Crippen LogP contribution in [0.2, 0.25) is 0 Å². The molecule has 1 fully saturated rings. The molecule has 1 N–H and O–H groups in total. The molecule has 2 aromatic rings. The molecule has 106 valence electrons. The molecule has 4 heteroatoms. The van der Waals surface area contributed by atoms with E-state index in [1.54, 1.807) is 12.1 Å². The van der Waals surface area contributed by atoms with E-state index in [-0.39, 0.29) is 5.56 Å². The minimum absolute atomic E-state index is 0.271. The van der Waals surface area contributed by atoms with Gasteiger partial charge in [0, 0.05) is 5.39 Å². The molecule has 3 rings (SSSR count). The van der Waals surface area contributed by atoms with Gasteiger partial charge >= 0.3 is 5.97 Å². The van der Waals surface area contributed by atoms with Crippen LogP contribution in [0.25, 0.3) is 11.0 Å². The monoisotopic (exact) mass is 273 g/mol. The van der Waals surface area contributed by atoms with E-state index in [9.17, 15) is 4.79 Å². The number of benzene rings is 1. The molecular weight excluding hydrogens is 254 g/mol. The second-order valence-corrected chi connectivity index (χ2v) is 5.46. The summed E-state index contributed by atoms with van der Waals surface area (Å²) < 4.78 is 5.80. The fourth-order valence-corrected chi connectivity index (χ4v) is 2.81. The summed E-state index contributed by atoms with van der Waals surface area (Å²) in [6, 6.07) is 7.06. The van der Waals surface area contributed by atoms with Gasteiger partial charge in [0.1, 0.15) is 11.3 Å². The van der Waals surface area contributed by atoms with Crippen molar-refractivity contribution in [2.24, 2.45) is 0 Å². The van der Waals surface area contributed by atoms with Crippen LogP contribution in [0.4, 0.5) is 0 Å². The zero-order valence-corrected chi connectivity index (χ0v) is 11.5. The maximum absolute atomic E-state index is 11.0. The molecule has 1 aliphatic rings. The Kier molecular flexibility index (Phi) is 3.74. The highest BCUT2D eigenvalue weighted by molar-refractivity contribution is 5.92. The lowest BCUT2D eigenvalue weighted by molar-refractivity contribution is 0.0697. The SMILES string of the molecule is O=C(O)c1ccc2cc(CN3CCCCCC3)oc2c1. The molecular formula is C16H19NO3. The van der Waals surface area contributed by atoms with Crippen LogP contribution in [0.1, 0.15) is 41.8 Å². The highest BCUT2D eigenvalue weighted by Gasteiger charge is 2.13. The molecule has 0 amide bonds. The summed E-state index contributed by atoms with van der Waals surface area (Å²) in [5, 5.41) is 9.97. The third-order valence-corrected chi connectivity index (χ3v) is 3.90. The largest absolute Gasteiger partial charge is 0.478 e. The predicted octanol–water partition coefficient (Wildman–Crippen LogP) is 3.51. The quantitative estimate of drug-likeness (QED) is 0.929. The number of aromatic carboxylic acids is 1. The summed E-state index contributed by atoms with van der Waals surface area (Å²) >= 11 is 0. The van der Waals surface area contributed by atoms with Crippen molar-refractivity contribution in [2.75, 3.05) is 13.1 Å². The number of furan rings is 1. The average molecular weight is 273 g/mol. The third kappa shape index (κ3) is 2.85. The maximum Gasteiger partial charge on any atom is 0.335 e. The number of carboxylic acids is 1. The Balaban J connectivity index is 1.79. The van der Waals surface area contributed by atoms with E-state index in [2.05, 4.69) is 4.90 Å². The lowest BCUT2D eigenvalue weighted by atomic mass is 10.2. The standard InChI is InChI=1S/C16H19NO3/c18-16(19)13-6-5-12-9-14(20-15(12)10-13)11-17-7-3-1-2-4-8-17/h5-6,9-10H,1-4,7-8,11H2,(H,18,19). The van der Waals surface area contributed by atoms with Crippen molar-refractivity contribution < 1.29 is 14.3 Å². The summed E-state index contributed by atoms with van der Waals surface area (Å²) in [6.07, 6.45) is 5.14. The minimum atomic E-state index is -0.919. The zero-order chi connectivity index (χ0) is 13.9. The van der Waals surface area contributed by atoms with Gasteiger partial charge in [0.05, 0.1) is 12.1 Å². The highest BCUT2D eigenvalue weighted by Crippen LogP contribution is 2.23. The van der Waals surface area contributed by atoms with Crippen molar-refractivity contribution >= 4 is 16.9 Å². The summed E-state index contributed by atoms with van der Waals surface area (Å²) in [5.74, 6) is 0.00167. The number of carboxylic acid groups (broad SMARTS) is 1. The average Bonchev–Trinajstić information content (AvgIpc) is 2.64. The Bertz CT molecular complexity index is 609. The topological polar surface area (TPSA) is 53.7 Å². The van der Waals surface area contributed by atoms with Crippen LogP contribution in [0.5, 0.6) is 0 Å². The Morgan fingerprint density at radius 3 is 2.60 bits per heavy atom. The lowest BCUT2D eigenvalue weighted by Gasteiger charge is -2.17. The fourth-order valence-electron chi connectivity index (χ4n) is 2.81. The number of rotatable bonds is 3. The van der Waals surface area contributed by atoms with Crippen LogP contribution < -0.4 is 0 Å². The molecule has 1 aromatic heterocycles. The van der Waals surface area contributed by atoms with E-state index in [4.69, 9.17) is 9.52 Å². The van der Waals surface area contributed by atoms with Gasteiger partial charge in [-0.15, -0.1) is 0 Å². The van der Waals surface area contributed by atoms with Gasteiger partial charge in [0.25, 0.3) is 0 Å². The molecule has 20 heavy (non-hydrogen) atoms. The van der Waals surface area contributed by atoms with Gasteiger partial charge in [-0.2, -0.15) is 0 Å². The second-order valence-electron chi connectivity index (χ2n) is 5.46. The fraction of sp³-hybridized carbons (Fsp3) is 0.438. The Hall–Kier alpha value is -1.81. The summed E-state index contributed by atoms with van der Waals surface area (Å²) in [5.41, 5.74) is 0.933. The molecule has 1 aliphatic heterocycles. The van der Waals surface area contributed by atoms with Crippen LogP contribution in [-0.4, -0.2) is 29.1 Å². The first-order valence-electron chi connectivity index (χ1n) is 7.20. The van der Waals surface area contributed by atoms with Crippen LogP contribution in [0, 0.1) is 0 Å². The number of fused-ring (bicyclic) bond motifs is 1. The van der Waals surface area contributed by atoms with Crippen molar-refractivity contribution in [3.05, 3.63) is 35.6 Å². The van der Waals surface area contributed by atoms with E-state index >= 15 is 0 Å². The first kappa shape index (κ1) is 13.2. The molecule has 1 aromatic carbocycles. The van der Waals surface area contributed by atoms with Gasteiger partial charge in [-0.25, -0.2) is 4.79 Å². The molecule has 0 radical (unpaired) electrons. The molecule has 4 nitrogen and oxygen atoms in total. The van der Waals surface area contributed by atoms with Gasteiger partial charge in [-0.05, 0) is 44.1 Å². The van der Waals surface area contributed by atoms with E-state index in [1.165, 1.54) is 25.7 Å². The van der Waals surface area contributed by atoms with Crippen molar-refractivity contribution in [2.45, 2.75) is 32.2 Å². The normalized spacial score (nSPS) is 17.2. The predicted molar refractivity (Wildman–Crippen MR) is 76.9 cm³/mol. The van der Waals surface area contributed by atoms with E-state index in [0.717, 1.165) is 30.8 Å². The number of nitrogens with zero attached hydrogens (tertiary/aromatic N) is 1. The number of hydrogen-bond acceptors (Lipinski definition) is 3. The Morgan fingerprint density at radius 1 is 1.15 bits per heavy atom. The number of carbonyl (C=O) groups is 1. The third-order valence-electron chi connectivity index (χ3n) is 3.90.